The number of benzene rings is 1. The summed E-state index contributed by atoms with van der Waals surface area (Å²) in [6.07, 6.45) is 1.29. The maximum absolute atomic E-state index is 11.8. The van der Waals surface area contributed by atoms with Crippen molar-refractivity contribution in [1.82, 2.24) is 4.90 Å². The molecule has 0 heterocycles. The lowest BCUT2D eigenvalue weighted by Crippen LogP contribution is -2.30. The van der Waals surface area contributed by atoms with Crippen LogP contribution in [-0.4, -0.2) is 42.7 Å². The summed E-state index contributed by atoms with van der Waals surface area (Å²) >= 11 is 0. The highest BCUT2D eigenvalue weighted by atomic mass is 16.5. The predicted molar refractivity (Wildman–Crippen MR) is 70.7 cm³/mol. The van der Waals surface area contributed by atoms with Crippen molar-refractivity contribution in [2.75, 3.05) is 26.8 Å². The number of likely N-dealkylation sites (N-methyl/N-ethyl adjacent to an activating group) is 1. The standard InChI is InChI=1S/C14H21NO3/c1-3-9-18-13-6-4-5-12(10-13)11-14(17)15(2)7-8-16/h4-6,10,16H,3,7-9,11H2,1-2H3. The zero-order chi connectivity index (χ0) is 13.4. The van der Waals surface area contributed by atoms with Gasteiger partial charge in [-0.05, 0) is 24.1 Å². The number of amides is 1. The molecule has 4 nitrogen and oxygen atoms in total. The van der Waals surface area contributed by atoms with Crippen LogP contribution in [0, 0.1) is 0 Å². The van der Waals surface area contributed by atoms with E-state index in [-0.39, 0.29) is 12.5 Å². The fourth-order valence-electron chi connectivity index (χ4n) is 1.55. The van der Waals surface area contributed by atoms with Crippen molar-refractivity contribution < 1.29 is 14.6 Å². The van der Waals surface area contributed by atoms with Crippen LogP contribution >= 0.6 is 0 Å². The van der Waals surface area contributed by atoms with Gasteiger partial charge in [0.15, 0.2) is 0 Å². The Bertz CT molecular complexity index is 379. The Balaban J connectivity index is 2.58. The normalized spacial score (nSPS) is 10.2. The average molecular weight is 251 g/mol. The van der Waals surface area contributed by atoms with Gasteiger partial charge in [0.2, 0.25) is 5.91 Å². The van der Waals surface area contributed by atoms with Crippen molar-refractivity contribution >= 4 is 5.91 Å². The van der Waals surface area contributed by atoms with Crippen molar-refractivity contribution in [2.45, 2.75) is 19.8 Å². The van der Waals surface area contributed by atoms with Gasteiger partial charge >= 0.3 is 0 Å². The van der Waals surface area contributed by atoms with Gasteiger partial charge in [0, 0.05) is 13.6 Å². The first-order valence-electron chi connectivity index (χ1n) is 6.24. The Morgan fingerprint density at radius 1 is 1.44 bits per heavy atom. The maximum Gasteiger partial charge on any atom is 0.226 e. The number of nitrogens with zero attached hydrogens (tertiary/aromatic N) is 1. The second-order valence-corrected chi connectivity index (χ2v) is 4.21. The minimum Gasteiger partial charge on any atom is -0.494 e. The molecule has 0 aliphatic carbocycles. The van der Waals surface area contributed by atoms with Gasteiger partial charge in [0.05, 0.1) is 19.6 Å². The highest BCUT2D eigenvalue weighted by Gasteiger charge is 2.09. The van der Waals surface area contributed by atoms with Crippen LogP contribution in [0.4, 0.5) is 0 Å². The van der Waals surface area contributed by atoms with Crippen molar-refractivity contribution in [1.29, 1.82) is 0 Å². The zero-order valence-electron chi connectivity index (χ0n) is 11.1. The first-order valence-corrected chi connectivity index (χ1v) is 6.24. The molecule has 1 aromatic rings. The summed E-state index contributed by atoms with van der Waals surface area (Å²) in [5, 5.41) is 8.78. The van der Waals surface area contributed by atoms with Gasteiger partial charge < -0.3 is 14.7 Å². The monoisotopic (exact) mass is 251 g/mol. The third kappa shape index (κ3) is 4.75. The molecule has 0 aliphatic heterocycles. The van der Waals surface area contributed by atoms with Crippen LogP contribution in [0.2, 0.25) is 0 Å². The lowest BCUT2D eigenvalue weighted by Gasteiger charge is -2.15. The fraction of sp³-hybridized carbons (Fsp3) is 0.500. The van der Waals surface area contributed by atoms with Crippen LogP contribution in [0.3, 0.4) is 0 Å². The van der Waals surface area contributed by atoms with E-state index in [1.807, 2.05) is 24.3 Å². The minimum absolute atomic E-state index is 0.00306. The summed E-state index contributed by atoms with van der Waals surface area (Å²) in [6.45, 7) is 3.09. The van der Waals surface area contributed by atoms with E-state index in [2.05, 4.69) is 6.92 Å². The molecular formula is C14H21NO3. The molecule has 0 radical (unpaired) electrons. The summed E-state index contributed by atoms with van der Waals surface area (Å²) in [5.74, 6) is 0.795. The van der Waals surface area contributed by atoms with Crippen molar-refractivity contribution in [3.63, 3.8) is 0 Å². The number of hydrogen-bond acceptors (Lipinski definition) is 3. The molecule has 1 aromatic carbocycles. The Labute approximate surface area is 108 Å². The largest absolute Gasteiger partial charge is 0.494 e. The molecule has 0 aromatic heterocycles. The third-order valence-corrected chi connectivity index (χ3v) is 2.59. The predicted octanol–water partition coefficient (Wildman–Crippen LogP) is 1.47. The number of rotatable bonds is 7. The van der Waals surface area contributed by atoms with Crippen LogP contribution < -0.4 is 4.74 Å². The van der Waals surface area contributed by atoms with Gasteiger partial charge in [-0.2, -0.15) is 0 Å². The summed E-state index contributed by atoms with van der Waals surface area (Å²) in [4.78, 5) is 13.3. The van der Waals surface area contributed by atoms with Crippen molar-refractivity contribution in [3.05, 3.63) is 29.8 Å². The van der Waals surface area contributed by atoms with E-state index in [1.54, 1.807) is 7.05 Å². The Morgan fingerprint density at radius 2 is 2.22 bits per heavy atom. The van der Waals surface area contributed by atoms with Crippen molar-refractivity contribution in [3.8, 4) is 5.75 Å². The average Bonchev–Trinajstić information content (AvgIpc) is 2.37. The van der Waals surface area contributed by atoms with Crippen molar-refractivity contribution in [2.24, 2.45) is 0 Å². The number of hydrogen-bond donors (Lipinski definition) is 1. The van der Waals surface area contributed by atoms with Crippen LogP contribution in [0.1, 0.15) is 18.9 Å². The van der Waals surface area contributed by atoms with Gasteiger partial charge in [-0.25, -0.2) is 0 Å². The molecular weight excluding hydrogens is 230 g/mol. The Hall–Kier alpha value is -1.55. The van der Waals surface area contributed by atoms with Crippen LogP contribution in [0.5, 0.6) is 5.75 Å². The molecule has 0 saturated heterocycles. The van der Waals surface area contributed by atoms with Gasteiger partial charge in [-0.3, -0.25) is 4.79 Å². The molecule has 0 aliphatic rings. The molecule has 0 bridgehead atoms. The van der Waals surface area contributed by atoms with Crippen LogP contribution in [0.25, 0.3) is 0 Å². The number of carbonyl (C=O) groups excluding carboxylic acids is 1. The van der Waals surface area contributed by atoms with Gasteiger partial charge in [-0.1, -0.05) is 19.1 Å². The summed E-state index contributed by atoms with van der Waals surface area (Å²) < 4.78 is 5.52. The Kier molecular flexibility index (Phi) is 6.22. The molecule has 1 N–H and O–H groups in total. The van der Waals surface area contributed by atoms with E-state index >= 15 is 0 Å². The zero-order valence-corrected chi connectivity index (χ0v) is 11.1. The second kappa shape index (κ2) is 7.71. The Morgan fingerprint density at radius 3 is 2.89 bits per heavy atom. The molecule has 0 unspecified atom stereocenters. The van der Waals surface area contributed by atoms with E-state index in [0.717, 1.165) is 17.7 Å². The molecule has 0 saturated carbocycles. The smallest absolute Gasteiger partial charge is 0.226 e. The van der Waals surface area contributed by atoms with Crippen LogP contribution in [-0.2, 0) is 11.2 Å². The summed E-state index contributed by atoms with van der Waals surface area (Å²) in [7, 11) is 1.69. The lowest BCUT2D eigenvalue weighted by molar-refractivity contribution is -0.129. The van der Waals surface area contributed by atoms with E-state index in [1.165, 1.54) is 4.90 Å². The molecule has 1 rings (SSSR count). The van der Waals surface area contributed by atoms with Gasteiger partial charge in [-0.15, -0.1) is 0 Å². The van der Waals surface area contributed by atoms with Gasteiger partial charge in [0.1, 0.15) is 5.75 Å². The molecule has 0 spiro atoms. The second-order valence-electron chi connectivity index (χ2n) is 4.21. The first-order chi connectivity index (χ1) is 8.67. The maximum atomic E-state index is 11.8. The summed E-state index contributed by atoms with van der Waals surface area (Å²) in [5.41, 5.74) is 0.929. The molecule has 1 amide bonds. The molecule has 18 heavy (non-hydrogen) atoms. The molecule has 4 heteroatoms. The number of ether oxygens (including phenoxy) is 1. The lowest BCUT2D eigenvalue weighted by atomic mass is 10.1. The van der Waals surface area contributed by atoms with E-state index in [4.69, 9.17) is 9.84 Å². The van der Waals surface area contributed by atoms with E-state index in [0.29, 0.717) is 19.6 Å². The fourth-order valence-corrected chi connectivity index (χ4v) is 1.55. The first kappa shape index (κ1) is 14.5. The number of aliphatic hydroxyl groups excluding tert-OH is 1. The van der Waals surface area contributed by atoms with E-state index < -0.39 is 0 Å². The highest BCUT2D eigenvalue weighted by Crippen LogP contribution is 2.14. The topological polar surface area (TPSA) is 49.8 Å². The summed E-state index contributed by atoms with van der Waals surface area (Å²) in [6, 6.07) is 7.57. The highest BCUT2D eigenvalue weighted by molar-refractivity contribution is 5.78. The van der Waals surface area contributed by atoms with Crippen LogP contribution in [0.15, 0.2) is 24.3 Å². The molecule has 100 valence electrons. The number of carbonyl (C=O) groups is 1. The third-order valence-electron chi connectivity index (χ3n) is 2.59. The van der Waals surface area contributed by atoms with Gasteiger partial charge in [0.25, 0.3) is 0 Å². The quantitative estimate of drug-likeness (QED) is 0.798. The van der Waals surface area contributed by atoms with E-state index in [9.17, 15) is 4.79 Å². The molecule has 0 atom stereocenters. The SMILES string of the molecule is CCCOc1cccc(CC(=O)N(C)CCO)c1. The minimum atomic E-state index is -0.0120. The molecule has 0 fully saturated rings. The number of aliphatic hydroxyl groups is 1.